The van der Waals surface area contributed by atoms with E-state index in [2.05, 4.69) is 50.7 Å². The number of carbonyl (C=O) groups excluding carboxylic acids is 1. The average Bonchev–Trinajstić information content (AvgIpc) is 3.58. The van der Waals surface area contributed by atoms with Crippen LogP contribution in [0.1, 0.15) is 30.1 Å². The van der Waals surface area contributed by atoms with E-state index in [4.69, 9.17) is 0 Å². The number of thiazole rings is 1. The maximum Gasteiger partial charge on any atom is 0.284 e. The summed E-state index contributed by atoms with van der Waals surface area (Å²) in [5.41, 5.74) is 5.40. The summed E-state index contributed by atoms with van der Waals surface area (Å²) in [7, 11) is 0. The topological polar surface area (TPSA) is 116 Å². The van der Waals surface area contributed by atoms with E-state index in [0.717, 1.165) is 33.6 Å². The Hall–Kier alpha value is -3.15. The lowest BCUT2D eigenvalue weighted by molar-refractivity contribution is 0.0780. The lowest BCUT2D eigenvalue weighted by Gasteiger charge is -2.15. The van der Waals surface area contributed by atoms with Gasteiger partial charge in [0, 0.05) is 55.3 Å². The molecule has 0 radical (unpaired) electrons. The van der Waals surface area contributed by atoms with Crippen LogP contribution in [0.2, 0.25) is 0 Å². The van der Waals surface area contributed by atoms with Gasteiger partial charge in [-0.2, -0.15) is 0 Å². The van der Waals surface area contributed by atoms with Crippen molar-refractivity contribution < 1.29 is 9.90 Å². The predicted octanol–water partition coefficient (Wildman–Crippen LogP) is 4.23. The number of amides is 1. The van der Waals surface area contributed by atoms with Gasteiger partial charge in [0.05, 0.1) is 21.3 Å². The van der Waals surface area contributed by atoms with Crippen molar-refractivity contribution in [3.05, 3.63) is 41.0 Å². The fourth-order valence-corrected chi connectivity index (χ4v) is 5.48. The number of hydrogen-bond donors (Lipinski definition) is 3. The third kappa shape index (κ3) is 4.72. The molecule has 1 amide bonds. The van der Waals surface area contributed by atoms with Crippen molar-refractivity contribution in [1.29, 1.82) is 0 Å². The van der Waals surface area contributed by atoms with Gasteiger partial charge in [0.2, 0.25) is 5.01 Å². The van der Waals surface area contributed by atoms with E-state index < -0.39 is 0 Å². The number of aliphatic hydroxyl groups excluding tert-OH is 1. The molecule has 1 fully saturated rings. The number of nitrogens with zero attached hydrogens (tertiary/aromatic N) is 5. The molecule has 3 N–H and O–H groups in total. The first-order valence-corrected chi connectivity index (χ1v) is 12.8. The third-order valence-corrected chi connectivity index (χ3v) is 7.36. The van der Waals surface area contributed by atoms with Gasteiger partial charge in [0.15, 0.2) is 5.01 Å². The standard InChI is InChI=1S/C23H25N7O2S2/c1-13(2)26-18-8-20(27-15-3-4-17-19(7-15)33-12-25-17)24-9-16(18)21-28-29-22(34-21)23(32)30-6-5-14(10-30)11-31/h3-4,7-9,12-14,31H,5-6,10-11H2,1-2H3,(H2,24,26,27). The van der Waals surface area contributed by atoms with Crippen LogP contribution in [0.25, 0.3) is 20.8 Å². The van der Waals surface area contributed by atoms with Crippen molar-refractivity contribution in [2.75, 3.05) is 30.3 Å². The fraction of sp³-hybridized carbons (Fsp3) is 0.348. The number of pyridine rings is 1. The van der Waals surface area contributed by atoms with E-state index in [9.17, 15) is 9.90 Å². The first kappa shape index (κ1) is 22.6. The average molecular weight is 496 g/mol. The van der Waals surface area contributed by atoms with E-state index in [1.807, 2.05) is 23.7 Å². The second-order valence-electron chi connectivity index (χ2n) is 8.57. The van der Waals surface area contributed by atoms with Crippen LogP contribution in [0.4, 0.5) is 17.2 Å². The molecule has 4 aromatic rings. The van der Waals surface area contributed by atoms with Crippen molar-refractivity contribution in [1.82, 2.24) is 25.1 Å². The number of fused-ring (bicyclic) bond motifs is 1. The molecule has 0 saturated carbocycles. The van der Waals surface area contributed by atoms with Crippen molar-refractivity contribution in [3.63, 3.8) is 0 Å². The highest BCUT2D eigenvalue weighted by Crippen LogP contribution is 2.34. The second kappa shape index (κ2) is 9.61. The summed E-state index contributed by atoms with van der Waals surface area (Å²) in [6.45, 7) is 5.41. The molecule has 3 aromatic heterocycles. The minimum absolute atomic E-state index is 0.0967. The first-order chi connectivity index (χ1) is 16.5. The minimum Gasteiger partial charge on any atom is -0.396 e. The van der Waals surface area contributed by atoms with Crippen LogP contribution >= 0.6 is 22.7 Å². The van der Waals surface area contributed by atoms with Gasteiger partial charge in [-0.1, -0.05) is 11.3 Å². The smallest absolute Gasteiger partial charge is 0.284 e. The molecule has 1 aromatic carbocycles. The number of nitrogens with one attached hydrogen (secondary N) is 2. The van der Waals surface area contributed by atoms with Gasteiger partial charge in [0.1, 0.15) is 5.82 Å². The molecule has 5 rings (SSSR count). The lowest BCUT2D eigenvalue weighted by atomic mass is 10.1. The van der Waals surface area contributed by atoms with E-state index in [0.29, 0.717) is 28.9 Å². The number of rotatable bonds is 7. The van der Waals surface area contributed by atoms with Gasteiger partial charge >= 0.3 is 0 Å². The van der Waals surface area contributed by atoms with Gasteiger partial charge in [-0.05, 0) is 38.5 Å². The summed E-state index contributed by atoms with van der Waals surface area (Å²) in [6, 6.07) is 8.16. The van der Waals surface area contributed by atoms with E-state index in [1.165, 1.54) is 11.3 Å². The fourth-order valence-electron chi connectivity index (χ4n) is 3.93. The maximum atomic E-state index is 12.9. The van der Waals surface area contributed by atoms with Crippen LogP contribution in [0.5, 0.6) is 0 Å². The molecule has 1 aliphatic rings. The maximum absolute atomic E-state index is 12.9. The highest BCUT2D eigenvalue weighted by Gasteiger charge is 2.29. The Labute approximate surface area is 204 Å². The zero-order valence-electron chi connectivity index (χ0n) is 18.9. The van der Waals surface area contributed by atoms with Crippen LogP contribution in [-0.2, 0) is 0 Å². The first-order valence-electron chi connectivity index (χ1n) is 11.1. The van der Waals surface area contributed by atoms with Gasteiger partial charge < -0.3 is 20.6 Å². The van der Waals surface area contributed by atoms with Crippen molar-refractivity contribution >= 4 is 56.0 Å². The van der Waals surface area contributed by atoms with Crippen molar-refractivity contribution in [2.45, 2.75) is 26.3 Å². The number of anilines is 3. The highest BCUT2D eigenvalue weighted by atomic mass is 32.1. The van der Waals surface area contributed by atoms with E-state index >= 15 is 0 Å². The Morgan fingerprint density at radius 1 is 1.26 bits per heavy atom. The summed E-state index contributed by atoms with van der Waals surface area (Å²) in [5, 5.41) is 25.6. The molecule has 9 nitrogen and oxygen atoms in total. The summed E-state index contributed by atoms with van der Waals surface area (Å²) < 4.78 is 1.11. The summed E-state index contributed by atoms with van der Waals surface area (Å²) in [5.74, 6) is 0.700. The van der Waals surface area contributed by atoms with Crippen molar-refractivity contribution in [2.24, 2.45) is 5.92 Å². The number of aromatic nitrogens is 4. The lowest BCUT2D eigenvalue weighted by Crippen LogP contribution is -2.29. The minimum atomic E-state index is -0.136. The molecule has 4 heterocycles. The van der Waals surface area contributed by atoms with E-state index in [-0.39, 0.29) is 24.5 Å². The van der Waals surface area contributed by atoms with Gasteiger partial charge in [-0.3, -0.25) is 4.79 Å². The Morgan fingerprint density at radius 3 is 2.94 bits per heavy atom. The quantitative estimate of drug-likeness (QED) is 0.349. The SMILES string of the molecule is CC(C)Nc1cc(Nc2ccc3ncsc3c2)ncc1-c1nnc(C(=O)N2CCC(CO)C2)s1. The molecule has 0 aliphatic carbocycles. The van der Waals surface area contributed by atoms with E-state index in [1.54, 1.807) is 22.4 Å². The number of hydrogen-bond acceptors (Lipinski definition) is 10. The number of aliphatic hydroxyl groups is 1. The molecule has 1 atom stereocenters. The molecule has 11 heteroatoms. The summed E-state index contributed by atoms with van der Waals surface area (Å²) in [6.07, 6.45) is 2.56. The van der Waals surface area contributed by atoms with Crippen LogP contribution < -0.4 is 10.6 Å². The number of likely N-dealkylation sites (tertiary alicyclic amines) is 1. The zero-order valence-corrected chi connectivity index (χ0v) is 20.5. The number of benzene rings is 1. The second-order valence-corrected chi connectivity index (χ2v) is 10.4. The molecule has 1 saturated heterocycles. The van der Waals surface area contributed by atoms with Crippen LogP contribution in [0.15, 0.2) is 36.0 Å². The molecule has 1 unspecified atom stereocenters. The Bertz CT molecular complexity index is 1320. The monoisotopic (exact) mass is 495 g/mol. The molecule has 0 bridgehead atoms. The number of carbonyl (C=O) groups is 1. The third-order valence-electron chi connectivity index (χ3n) is 5.62. The Morgan fingerprint density at radius 2 is 2.15 bits per heavy atom. The Kier molecular flexibility index (Phi) is 6.40. The van der Waals surface area contributed by atoms with Gasteiger partial charge in [-0.25, -0.2) is 9.97 Å². The normalized spacial score (nSPS) is 15.9. The largest absolute Gasteiger partial charge is 0.396 e. The molecule has 176 valence electrons. The highest BCUT2D eigenvalue weighted by molar-refractivity contribution is 7.17. The molecular formula is C23H25N7O2S2. The molecule has 1 aliphatic heterocycles. The van der Waals surface area contributed by atoms with Crippen LogP contribution in [-0.4, -0.2) is 61.8 Å². The molecule has 34 heavy (non-hydrogen) atoms. The summed E-state index contributed by atoms with van der Waals surface area (Å²) in [4.78, 5) is 23.5. The predicted molar refractivity (Wildman–Crippen MR) is 136 cm³/mol. The van der Waals surface area contributed by atoms with Gasteiger partial charge in [-0.15, -0.1) is 21.5 Å². The van der Waals surface area contributed by atoms with Crippen LogP contribution in [0.3, 0.4) is 0 Å². The molecule has 0 spiro atoms. The summed E-state index contributed by atoms with van der Waals surface area (Å²) >= 11 is 2.86. The molecular weight excluding hydrogens is 470 g/mol. The van der Waals surface area contributed by atoms with Gasteiger partial charge in [0.25, 0.3) is 5.91 Å². The van der Waals surface area contributed by atoms with Crippen LogP contribution in [0, 0.1) is 5.92 Å². The zero-order chi connectivity index (χ0) is 23.7. The Balaban J connectivity index is 1.39. The van der Waals surface area contributed by atoms with Crippen molar-refractivity contribution in [3.8, 4) is 10.6 Å².